The van der Waals surface area contributed by atoms with Crippen molar-refractivity contribution in [1.29, 1.82) is 0 Å². The van der Waals surface area contributed by atoms with Crippen molar-refractivity contribution in [2.45, 2.75) is 38.3 Å². The van der Waals surface area contributed by atoms with Crippen LogP contribution in [0.2, 0.25) is 0 Å². The van der Waals surface area contributed by atoms with E-state index in [-0.39, 0.29) is 0 Å². The Morgan fingerprint density at radius 3 is 2.92 bits per heavy atom. The summed E-state index contributed by atoms with van der Waals surface area (Å²) >= 11 is 0. The highest BCUT2D eigenvalue weighted by Crippen LogP contribution is 2.34. The van der Waals surface area contributed by atoms with Gasteiger partial charge in [-0.2, -0.15) is 0 Å². The first-order valence-electron chi connectivity index (χ1n) is 4.95. The normalized spacial score (nSPS) is 34.8. The van der Waals surface area contributed by atoms with Gasteiger partial charge in [-0.25, -0.2) is 0 Å². The summed E-state index contributed by atoms with van der Waals surface area (Å²) in [7, 11) is 0. The molecule has 0 radical (unpaired) electrons. The predicted molar refractivity (Wildman–Crippen MR) is 50.9 cm³/mol. The number of rotatable bonds is 2. The fourth-order valence-corrected chi connectivity index (χ4v) is 2.16. The van der Waals surface area contributed by atoms with Crippen LogP contribution in [-0.4, -0.2) is 30.1 Å². The van der Waals surface area contributed by atoms with Crippen LogP contribution in [0.25, 0.3) is 0 Å². The van der Waals surface area contributed by atoms with E-state index in [1.165, 1.54) is 25.8 Å². The van der Waals surface area contributed by atoms with E-state index >= 15 is 0 Å². The van der Waals surface area contributed by atoms with Crippen LogP contribution in [0.5, 0.6) is 0 Å². The summed E-state index contributed by atoms with van der Waals surface area (Å²) in [5.41, 5.74) is 7.05. The van der Waals surface area contributed by atoms with E-state index in [1.807, 2.05) is 0 Å². The fraction of sp³-hybridized carbons (Fsp3) is 0.800. The Morgan fingerprint density at radius 1 is 1.58 bits per heavy atom. The second-order valence-electron chi connectivity index (χ2n) is 4.05. The molecule has 2 rings (SSSR count). The van der Waals surface area contributed by atoms with Gasteiger partial charge in [-0.15, -0.1) is 0 Å². The molecule has 0 aromatic rings. The molecular formula is C10H18N2. The molecule has 12 heavy (non-hydrogen) atoms. The van der Waals surface area contributed by atoms with Crippen molar-refractivity contribution >= 4 is 0 Å². The Labute approximate surface area is 74.4 Å². The van der Waals surface area contributed by atoms with E-state index < -0.39 is 0 Å². The van der Waals surface area contributed by atoms with Gasteiger partial charge in [-0.1, -0.05) is 11.6 Å². The standard InChI is InChI=1S/C10H18N2/c1-8-6-9(4-5-11)7-12(8)10-2-3-10/h4,8,10H,2-3,5-7,11H2,1H3. The molecule has 0 aromatic heterocycles. The lowest BCUT2D eigenvalue weighted by atomic mass is 10.2. The van der Waals surface area contributed by atoms with Crippen molar-refractivity contribution in [3.8, 4) is 0 Å². The van der Waals surface area contributed by atoms with Gasteiger partial charge in [-0.05, 0) is 26.2 Å². The lowest BCUT2D eigenvalue weighted by Crippen LogP contribution is -2.28. The molecule has 2 fully saturated rings. The summed E-state index contributed by atoms with van der Waals surface area (Å²) in [5, 5.41) is 0. The molecular weight excluding hydrogens is 148 g/mol. The highest BCUT2D eigenvalue weighted by molar-refractivity contribution is 5.14. The number of likely N-dealkylation sites (tertiary alicyclic amines) is 1. The fourth-order valence-electron chi connectivity index (χ4n) is 2.16. The molecule has 2 nitrogen and oxygen atoms in total. The Kier molecular flexibility index (Phi) is 2.20. The lowest BCUT2D eigenvalue weighted by Gasteiger charge is -2.19. The molecule has 1 aliphatic heterocycles. The van der Waals surface area contributed by atoms with Crippen molar-refractivity contribution in [3.05, 3.63) is 11.6 Å². The van der Waals surface area contributed by atoms with Gasteiger partial charge in [0, 0.05) is 25.2 Å². The maximum absolute atomic E-state index is 5.50. The summed E-state index contributed by atoms with van der Waals surface area (Å²) in [4.78, 5) is 2.63. The second-order valence-corrected chi connectivity index (χ2v) is 4.05. The van der Waals surface area contributed by atoms with Crippen molar-refractivity contribution in [3.63, 3.8) is 0 Å². The highest BCUT2D eigenvalue weighted by atomic mass is 15.2. The van der Waals surface area contributed by atoms with Gasteiger partial charge in [0.1, 0.15) is 0 Å². The molecule has 2 heteroatoms. The smallest absolute Gasteiger partial charge is 0.0199 e. The molecule has 68 valence electrons. The molecule has 2 aliphatic rings. The minimum absolute atomic E-state index is 0.709. The lowest BCUT2D eigenvalue weighted by molar-refractivity contribution is 0.260. The Hall–Kier alpha value is -0.340. The topological polar surface area (TPSA) is 29.3 Å². The summed E-state index contributed by atoms with van der Waals surface area (Å²) in [6.07, 6.45) is 6.27. The third kappa shape index (κ3) is 1.54. The molecule has 2 N–H and O–H groups in total. The molecule has 0 spiro atoms. The van der Waals surface area contributed by atoms with Crippen LogP contribution >= 0.6 is 0 Å². The summed E-state index contributed by atoms with van der Waals surface area (Å²) < 4.78 is 0. The summed E-state index contributed by atoms with van der Waals surface area (Å²) in [6, 6.07) is 1.67. The molecule has 0 amide bonds. The van der Waals surface area contributed by atoms with E-state index in [2.05, 4.69) is 17.9 Å². The Balaban J connectivity index is 1.96. The second kappa shape index (κ2) is 3.19. The minimum Gasteiger partial charge on any atom is -0.327 e. The number of hydrogen-bond donors (Lipinski definition) is 1. The average Bonchev–Trinajstić information content (AvgIpc) is 2.79. The van der Waals surface area contributed by atoms with E-state index in [1.54, 1.807) is 5.57 Å². The van der Waals surface area contributed by atoms with Gasteiger partial charge < -0.3 is 5.73 Å². The van der Waals surface area contributed by atoms with Gasteiger partial charge in [0.25, 0.3) is 0 Å². The van der Waals surface area contributed by atoms with E-state index in [0.717, 1.165) is 12.1 Å². The quantitative estimate of drug-likeness (QED) is 0.623. The summed E-state index contributed by atoms with van der Waals surface area (Å²) in [5.74, 6) is 0. The maximum Gasteiger partial charge on any atom is 0.0199 e. The SMILES string of the molecule is CC1CC(=CCN)CN1C1CC1. The largest absolute Gasteiger partial charge is 0.327 e. The number of hydrogen-bond acceptors (Lipinski definition) is 2. The first-order valence-corrected chi connectivity index (χ1v) is 4.95. The van der Waals surface area contributed by atoms with Gasteiger partial charge in [-0.3, -0.25) is 4.90 Å². The van der Waals surface area contributed by atoms with Crippen LogP contribution in [0.4, 0.5) is 0 Å². The highest BCUT2D eigenvalue weighted by Gasteiger charge is 2.36. The van der Waals surface area contributed by atoms with Crippen molar-refractivity contribution in [1.82, 2.24) is 4.90 Å². The third-order valence-electron chi connectivity index (χ3n) is 2.93. The average molecular weight is 166 g/mol. The van der Waals surface area contributed by atoms with Crippen LogP contribution in [-0.2, 0) is 0 Å². The van der Waals surface area contributed by atoms with Gasteiger partial charge >= 0.3 is 0 Å². The zero-order valence-corrected chi connectivity index (χ0v) is 7.79. The number of nitrogens with zero attached hydrogens (tertiary/aromatic N) is 1. The summed E-state index contributed by atoms with van der Waals surface area (Å²) in [6.45, 7) is 4.22. The van der Waals surface area contributed by atoms with Crippen LogP contribution in [0.1, 0.15) is 26.2 Å². The van der Waals surface area contributed by atoms with Crippen LogP contribution in [0.3, 0.4) is 0 Å². The Bertz CT molecular complexity index is 194. The minimum atomic E-state index is 0.709. The van der Waals surface area contributed by atoms with E-state index in [9.17, 15) is 0 Å². The molecule has 1 aliphatic carbocycles. The van der Waals surface area contributed by atoms with Crippen molar-refractivity contribution in [2.24, 2.45) is 5.73 Å². The molecule has 1 saturated carbocycles. The zero-order chi connectivity index (χ0) is 8.55. The third-order valence-corrected chi connectivity index (χ3v) is 2.93. The zero-order valence-electron chi connectivity index (χ0n) is 7.79. The van der Waals surface area contributed by atoms with Crippen LogP contribution in [0.15, 0.2) is 11.6 Å². The monoisotopic (exact) mass is 166 g/mol. The molecule has 1 atom stereocenters. The number of nitrogens with two attached hydrogens (primary N) is 1. The van der Waals surface area contributed by atoms with Gasteiger partial charge in [0.15, 0.2) is 0 Å². The van der Waals surface area contributed by atoms with Crippen molar-refractivity contribution in [2.75, 3.05) is 13.1 Å². The van der Waals surface area contributed by atoms with E-state index in [0.29, 0.717) is 6.54 Å². The van der Waals surface area contributed by atoms with Crippen LogP contribution in [0, 0.1) is 0 Å². The molecule has 1 heterocycles. The molecule has 0 bridgehead atoms. The van der Waals surface area contributed by atoms with Gasteiger partial charge in [0.05, 0.1) is 0 Å². The molecule has 1 unspecified atom stereocenters. The van der Waals surface area contributed by atoms with Gasteiger partial charge in [0.2, 0.25) is 0 Å². The molecule has 1 saturated heterocycles. The predicted octanol–water partition coefficient (Wildman–Crippen LogP) is 1.13. The first-order chi connectivity index (χ1) is 5.81. The molecule has 0 aromatic carbocycles. The van der Waals surface area contributed by atoms with E-state index in [4.69, 9.17) is 5.73 Å². The van der Waals surface area contributed by atoms with Crippen LogP contribution < -0.4 is 5.73 Å². The Morgan fingerprint density at radius 2 is 2.33 bits per heavy atom. The maximum atomic E-state index is 5.50. The first kappa shape index (κ1) is 8.27. The van der Waals surface area contributed by atoms with Crippen molar-refractivity contribution < 1.29 is 0 Å².